The predicted molar refractivity (Wildman–Crippen MR) is 79.7 cm³/mol. The molecule has 0 aromatic carbocycles. The van der Waals surface area contributed by atoms with Crippen molar-refractivity contribution in [3.8, 4) is 0 Å². The van der Waals surface area contributed by atoms with Gasteiger partial charge in [0.15, 0.2) is 5.82 Å². The largest absolute Gasteiger partial charge is 0.346 e. The first-order chi connectivity index (χ1) is 8.90. The van der Waals surface area contributed by atoms with Gasteiger partial charge in [0.1, 0.15) is 0 Å². The summed E-state index contributed by atoms with van der Waals surface area (Å²) in [5, 5.41) is 3.69. The molecule has 1 amide bonds. The van der Waals surface area contributed by atoms with Crippen LogP contribution in [0.4, 0.5) is 0 Å². The third kappa shape index (κ3) is 6.34. The minimum absolute atomic E-state index is 0. The van der Waals surface area contributed by atoms with Crippen LogP contribution in [0.1, 0.15) is 38.4 Å². The average molecular weight is 305 g/mol. The summed E-state index contributed by atoms with van der Waals surface area (Å²) in [6, 6.07) is 0.133. The van der Waals surface area contributed by atoms with Crippen molar-refractivity contribution in [2.24, 2.45) is 11.7 Å². The first-order valence-corrected chi connectivity index (χ1v) is 6.69. The smallest absolute Gasteiger partial charge is 0.227 e. The molecule has 0 aliphatic heterocycles. The van der Waals surface area contributed by atoms with E-state index in [-0.39, 0.29) is 24.4 Å². The summed E-state index contributed by atoms with van der Waals surface area (Å²) in [5.74, 6) is 1.62. The van der Waals surface area contributed by atoms with Crippen LogP contribution in [0.15, 0.2) is 4.52 Å². The number of carbonyl (C=O) groups excluding carboxylic acids is 1. The Morgan fingerprint density at radius 2 is 2.10 bits per heavy atom. The number of nitrogens with two attached hydrogens (primary N) is 1. The fourth-order valence-corrected chi connectivity index (χ4v) is 1.65. The van der Waals surface area contributed by atoms with Crippen molar-refractivity contribution in [2.45, 2.75) is 46.1 Å². The van der Waals surface area contributed by atoms with E-state index in [1.807, 2.05) is 0 Å². The third-order valence-corrected chi connectivity index (χ3v) is 3.20. The number of aryl methyl sites for hydroxylation is 2. The van der Waals surface area contributed by atoms with E-state index in [1.54, 1.807) is 18.9 Å². The van der Waals surface area contributed by atoms with Crippen LogP contribution in [0.25, 0.3) is 0 Å². The lowest BCUT2D eigenvalue weighted by atomic mass is 10.0. The lowest BCUT2D eigenvalue weighted by molar-refractivity contribution is -0.130. The molecule has 1 aromatic rings. The van der Waals surface area contributed by atoms with Gasteiger partial charge in [-0.25, -0.2) is 0 Å². The van der Waals surface area contributed by atoms with Crippen molar-refractivity contribution in [1.82, 2.24) is 15.0 Å². The van der Waals surface area contributed by atoms with Crippen LogP contribution in [0.3, 0.4) is 0 Å². The molecule has 0 aliphatic rings. The first-order valence-electron chi connectivity index (χ1n) is 6.69. The summed E-state index contributed by atoms with van der Waals surface area (Å²) in [5.41, 5.74) is 5.96. The second-order valence-corrected chi connectivity index (χ2v) is 5.25. The highest BCUT2D eigenvalue weighted by molar-refractivity contribution is 5.85. The van der Waals surface area contributed by atoms with E-state index in [9.17, 15) is 4.79 Å². The molecule has 1 aromatic heterocycles. The van der Waals surface area contributed by atoms with E-state index in [4.69, 9.17) is 10.3 Å². The Morgan fingerprint density at radius 3 is 2.60 bits per heavy atom. The topological polar surface area (TPSA) is 85.2 Å². The maximum Gasteiger partial charge on any atom is 0.227 e. The quantitative estimate of drug-likeness (QED) is 0.826. The number of hydrogen-bond acceptors (Lipinski definition) is 5. The van der Waals surface area contributed by atoms with Crippen LogP contribution in [0.5, 0.6) is 0 Å². The van der Waals surface area contributed by atoms with Gasteiger partial charge in [-0.05, 0) is 19.3 Å². The van der Waals surface area contributed by atoms with Crippen LogP contribution < -0.4 is 5.73 Å². The molecule has 7 heteroatoms. The summed E-state index contributed by atoms with van der Waals surface area (Å²) in [7, 11) is 1.80. The van der Waals surface area contributed by atoms with Gasteiger partial charge in [0.2, 0.25) is 11.8 Å². The molecule has 0 spiro atoms. The van der Waals surface area contributed by atoms with Gasteiger partial charge in [0, 0.05) is 32.5 Å². The van der Waals surface area contributed by atoms with Gasteiger partial charge in [-0.3, -0.25) is 4.79 Å². The number of rotatable bonds is 7. The van der Waals surface area contributed by atoms with Gasteiger partial charge in [-0.15, -0.1) is 12.4 Å². The minimum atomic E-state index is 0. The first kappa shape index (κ1) is 18.9. The number of aromatic nitrogens is 2. The van der Waals surface area contributed by atoms with Crippen LogP contribution >= 0.6 is 12.4 Å². The molecule has 0 saturated carbocycles. The zero-order valence-corrected chi connectivity index (χ0v) is 13.4. The highest BCUT2D eigenvalue weighted by atomic mass is 35.5. The molecule has 1 unspecified atom stereocenters. The maximum absolute atomic E-state index is 11.9. The third-order valence-electron chi connectivity index (χ3n) is 3.20. The number of hydrogen-bond donors (Lipinski definition) is 1. The molecule has 116 valence electrons. The maximum atomic E-state index is 11.9. The van der Waals surface area contributed by atoms with E-state index < -0.39 is 0 Å². The fourth-order valence-electron chi connectivity index (χ4n) is 1.65. The molecule has 20 heavy (non-hydrogen) atoms. The average Bonchev–Trinajstić information content (AvgIpc) is 2.78. The Balaban J connectivity index is 0.00000361. The van der Waals surface area contributed by atoms with E-state index in [2.05, 4.69) is 24.0 Å². The normalized spacial score (nSPS) is 12.1. The van der Waals surface area contributed by atoms with E-state index >= 15 is 0 Å². The van der Waals surface area contributed by atoms with Crippen LogP contribution in [0, 0.1) is 12.8 Å². The SMILES string of the molecule is Cc1noc(CCC(=O)N(C)CCC(N)C(C)C)n1.Cl. The molecule has 0 radical (unpaired) electrons. The standard InChI is InChI=1S/C13H24N4O2.ClH/c1-9(2)11(14)7-8-17(4)13(18)6-5-12-15-10(3)16-19-12;/h9,11H,5-8,14H2,1-4H3;1H. The highest BCUT2D eigenvalue weighted by Crippen LogP contribution is 2.06. The summed E-state index contributed by atoms with van der Waals surface area (Å²) < 4.78 is 4.97. The molecule has 0 saturated heterocycles. The molecule has 0 fully saturated rings. The van der Waals surface area contributed by atoms with Gasteiger partial charge < -0.3 is 15.2 Å². The van der Waals surface area contributed by atoms with Crippen molar-refractivity contribution in [3.05, 3.63) is 11.7 Å². The molecule has 1 atom stereocenters. The predicted octanol–water partition coefficient (Wildman–Crippen LogP) is 1.56. The molecule has 1 heterocycles. The molecular formula is C13H25ClN4O2. The van der Waals surface area contributed by atoms with Gasteiger partial charge in [0.05, 0.1) is 0 Å². The van der Waals surface area contributed by atoms with Crippen LogP contribution in [-0.2, 0) is 11.2 Å². The van der Waals surface area contributed by atoms with Crippen LogP contribution in [0.2, 0.25) is 0 Å². The number of nitrogens with zero attached hydrogens (tertiary/aromatic N) is 3. The van der Waals surface area contributed by atoms with E-state index in [0.29, 0.717) is 37.0 Å². The van der Waals surface area contributed by atoms with Crippen molar-refractivity contribution < 1.29 is 9.32 Å². The fraction of sp³-hybridized carbons (Fsp3) is 0.769. The van der Waals surface area contributed by atoms with Gasteiger partial charge >= 0.3 is 0 Å². The summed E-state index contributed by atoms with van der Waals surface area (Å²) >= 11 is 0. The Hall–Kier alpha value is -1.14. The molecule has 1 rings (SSSR count). The van der Waals surface area contributed by atoms with Gasteiger partial charge in [-0.1, -0.05) is 19.0 Å². The van der Waals surface area contributed by atoms with Crippen molar-refractivity contribution in [1.29, 1.82) is 0 Å². The molecular weight excluding hydrogens is 280 g/mol. The van der Waals surface area contributed by atoms with Gasteiger partial charge in [-0.2, -0.15) is 4.98 Å². The van der Waals surface area contributed by atoms with Gasteiger partial charge in [0.25, 0.3) is 0 Å². The summed E-state index contributed by atoms with van der Waals surface area (Å²) in [6.07, 6.45) is 1.69. The second kappa shape index (κ2) is 8.92. The van der Waals surface area contributed by atoms with Crippen molar-refractivity contribution in [2.75, 3.05) is 13.6 Å². The number of halogens is 1. The Morgan fingerprint density at radius 1 is 1.45 bits per heavy atom. The number of carbonyl (C=O) groups is 1. The Bertz CT molecular complexity index is 409. The van der Waals surface area contributed by atoms with Crippen LogP contribution in [-0.4, -0.2) is 40.6 Å². The zero-order chi connectivity index (χ0) is 14.4. The second-order valence-electron chi connectivity index (χ2n) is 5.25. The Kier molecular flexibility index (Phi) is 8.41. The van der Waals surface area contributed by atoms with E-state index in [1.165, 1.54) is 0 Å². The molecule has 0 aliphatic carbocycles. The summed E-state index contributed by atoms with van der Waals surface area (Å²) in [6.45, 7) is 6.62. The lowest BCUT2D eigenvalue weighted by Crippen LogP contribution is -2.34. The molecule has 0 bridgehead atoms. The molecule has 2 N–H and O–H groups in total. The number of amides is 1. The van der Waals surface area contributed by atoms with E-state index in [0.717, 1.165) is 6.42 Å². The summed E-state index contributed by atoms with van der Waals surface area (Å²) in [4.78, 5) is 17.7. The zero-order valence-electron chi connectivity index (χ0n) is 12.6. The Labute approximate surface area is 126 Å². The van der Waals surface area contributed by atoms with Crippen molar-refractivity contribution >= 4 is 18.3 Å². The highest BCUT2D eigenvalue weighted by Gasteiger charge is 2.14. The lowest BCUT2D eigenvalue weighted by Gasteiger charge is -2.21. The minimum Gasteiger partial charge on any atom is -0.346 e. The monoisotopic (exact) mass is 304 g/mol. The molecule has 6 nitrogen and oxygen atoms in total. The van der Waals surface area contributed by atoms with Crippen molar-refractivity contribution in [3.63, 3.8) is 0 Å².